The number of halogens is 5. The van der Waals surface area contributed by atoms with Gasteiger partial charge in [-0.1, -0.05) is 22.0 Å². The van der Waals surface area contributed by atoms with Gasteiger partial charge in [-0.05, 0) is 6.07 Å². The molecule has 0 spiro atoms. The summed E-state index contributed by atoms with van der Waals surface area (Å²) in [5.74, 6) is -0.569. The van der Waals surface area contributed by atoms with Crippen molar-refractivity contribution >= 4 is 34.8 Å². The Morgan fingerprint density at radius 1 is 1.37 bits per heavy atom. The molecule has 7 nitrogen and oxygen atoms in total. The fourth-order valence-electron chi connectivity index (χ4n) is 1.93. The number of carbonyl (C=O) groups is 1. The van der Waals surface area contributed by atoms with Gasteiger partial charge in [0.1, 0.15) is 25.5 Å². The second-order valence-corrected chi connectivity index (χ2v) is 5.74. The summed E-state index contributed by atoms with van der Waals surface area (Å²) in [5.41, 5.74) is 0.597. The normalized spacial score (nSPS) is 10.7. The number of aromatic nitrogens is 2. The molecule has 0 saturated carbocycles. The molecular weight excluding hydrogens is 441 g/mol. The average molecular weight is 456 g/mol. The smallest absolute Gasteiger partial charge is 0.458 e. The third kappa shape index (κ3) is 8.66. The highest BCUT2D eigenvalue weighted by Crippen LogP contribution is 2.23. The lowest BCUT2D eigenvalue weighted by Crippen LogP contribution is -2.24. The molecule has 27 heavy (non-hydrogen) atoms. The van der Waals surface area contributed by atoms with E-state index in [0.29, 0.717) is 17.4 Å². The summed E-state index contributed by atoms with van der Waals surface area (Å²) >= 11 is 3.18. The summed E-state index contributed by atoms with van der Waals surface area (Å²) in [4.78, 5) is 22.4. The molecule has 0 unspecified atom stereocenters. The second kappa shape index (κ2) is 10.0. The summed E-state index contributed by atoms with van der Waals surface area (Å²) in [6, 6.07) is 4.32. The molecule has 13 heteroatoms. The van der Waals surface area contributed by atoms with Gasteiger partial charge in [-0.15, -0.1) is 0 Å². The van der Waals surface area contributed by atoms with Gasteiger partial charge in [0.15, 0.2) is 0 Å². The van der Waals surface area contributed by atoms with E-state index in [0.717, 1.165) is 0 Å². The van der Waals surface area contributed by atoms with Crippen LogP contribution in [0, 0.1) is 10.1 Å². The number of carbonyl (C=O) groups excluding carboxylic acids is 1. The highest BCUT2D eigenvalue weighted by molar-refractivity contribution is 9.08. The van der Waals surface area contributed by atoms with Crippen LogP contribution in [0.2, 0.25) is 0 Å². The quantitative estimate of drug-likeness (QED) is 0.127. The summed E-state index contributed by atoms with van der Waals surface area (Å²) < 4.78 is 47.9. The summed E-state index contributed by atoms with van der Waals surface area (Å²) in [5, 5.41) is 11.3. The highest BCUT2D eigenvalue weighted by atomic mass is 79.9. The fourth-order valence-corrected chi connectivity index (χ4v) is 2.41. The van der Waals surface area contributed by atoms with E-state index in [9.17, 15) is 32.2 Å². The minimum atomic E-state index is -6.00. The maximum atomic E-state index is 11.9. The van der Waals surface area contributed by atoms with Crippen LogP contribution in [0.15, 0.2) is 36.9 Å². The van der Waals surface area contributed by atoms with Crippen molar-refractivity contribution in [1.82, 2.24) is 4.57 Å². The molecule has 0 radical (unpaired) electrons. The van der Waals surface area contributed by atoms with Gasteiger partial charge in [0.05, 0.1) is 17.5 Å². The Morgan fingerprint density at radius 3 is 2.48 bits per heavy atom. The van der Waals surface area contributed by atoms with Gasteiger partial charge in [-0.25, -0.2) is 13.9 Å². The summed E-state index contributed by atoms with van der Waals surface area (Å²) in [7, 11) is -4.10. The Labute approximate surface area is 159 Å². The predicted octanol–water partition coefficient (Wildman–Crippen LogP) is 3.27. The molecular formula is C14H15BBrF4N3O4. The van der Waals surface area contributed by atoms with E-state index in [1.165, 1.54) is 12.1 Å². The number of hydrogen-bond acceptors (Lipinski definition) is 4. The van der Waals surface area contributed by atoms with Crippen molar-refractivity contribution in [2.24, 2.45) is 7.05 Å². The Kier molecular flexibility index (Phi) is 8.41. The van der Waals surface area contributed by atoms with Crippen molar-refractivity contribution in [1.29, 1.82) is 0 Å². The standard InChI is InChI=1S/C14H15BrN3O4.BF4/c1-16-4-5-17(10-16)6-7-22-14(19)11-2-3-12(9-15)13(8-11)18(20)21;2-1(3,4)5/h2-5,8,10H,6-7,9H2,1H3;/q+1;-1. The molecule has 2 aromatic rings. The predicted molar refractivity (Wildman–Crippen MR) is 91.8 cm³/mol. The van der Waals surface area contributed by atoms with Gasteiger partial charge in [-0.3, -0.25) is 10.1 Å². The maximum absolute atomic E-state index is 11.9. The van der Waals surface area contributed by atoms with Crippen LogP contribution in [-0.4, -0.2) is 29.3 Å². The van der Waals surface area contributed by atoms with Crippen molar-refractivity contribution in [2.45, 2.75) is 11.9 Å². The second-order valence-electron chi connectivity index (χ2n) is 5.18. The Bertz CT molecular complexity index is 795. The van der Waals surface area contributed by atoms with E-state index in [2.05, 4.69) is 15.9 Å². The number of nitro benzene ring substituents is 1. The number of aryl methyl sites for hydroxylation is 1. The van der Waals surface area contributed by atoms with E-state index in [4.69, 9.17) is 4.74 Å². The van der Waals surface area contributed by atoms with E-state index in [1.807, 2.05) is 34.9 Å². The molecule has 0 saturated heterocycles. The number of ether oxygens (including phenoxy) is 1. The zero-order chi connectivity index (χ0) is 20.6. The number of nitro groups is 1. The van der Waals surface area contributed by atoms with Gasteiger partial charge < -0.3 is 22.0 Å². The number of nitrogens with zero attached hydrogens (tertiary/aromatic N) is 3. The maximum Gasteiger partial charge on any atom is 0.673 e. The lowest BCUT2D eigenvalue weighted by molar-refractivity contribution is -0.671. The van der Waals surface area contributed by atoms with Gasteiger partial charge in [-0.2, -0.15) is 0 Å². The first-order valence-corrected chi connectivity index (χ1v) is 8.52. The molecule has 0 aliphatic rings. The van der Waals surface area contributed by atoms with E-state index < -0.39 is 18.1 Å². The number of benzene rings is 1. The van der Waals surface area contributed by atoms with E-state index >= 15 is 0 Å². The molecule has 2 rings (SSSR count). The van der Waals surface area contributed by atoms with Gasteiger partial charge in [0.25, 0.3) is 5.69 Å². The van der Waals surface area contributed by atoms with Gasteiger partial charge >= 0.3 is 13.2 Å². The number of hydrogen-bond donors (Lipinski definition) is 0. The molecule has 1 heterocycles. The molecule has 0 amide bonds. The van der Waals surface area contributed by atoms with Crippen LogP contribution in [-0.2, 0) is 23.7 Å². The van der Waals surface area contributed by atoms with Crippen molar-refractivity contribution in [3.05, 3.63) is 58.2 Å². The first kappa shape index (κ1) is 22.6. The number of alkyl halides is 1. The molecule has 1 aromatic heterocycles. The monoisotopic (exact) mass is 455 g/mol. The molecule has 0 aliphatic heterocycles. The molecule has 148 valence electrons. The lowest BCUT2D eigenvalue weighted by Gasteiger charge is -2.05. The molecule has 0 fully saturated rings. The molecule has 0 N–H and O–H groups in total. The van der Waals surface area contributed by atoms with Crippen LogP contribution in [0.5, 0.6) is 0 Å². The van der Waals surface area contributed by atoms with Crippen molar-refractivity contribution < 1.29 is 36.3 Å². The zero-order valence-electron chi connectivity index (χ0n) is 14.0. The topological polar surface area (TPSA) is 78.2 Å². The van der Waals surface area contributed by atoms with Crippen LogP contribution < -0.4 is 4.57 Å². The summed E-state index contributed by atoms with van der Waals surface area (Å²) in [6.45, 7) is 0.718. The van der Waals surface area contributed by atoms with Gasteiger partial charge in [0, 0.05) is 17.0 Å². The van der Waals surface area contributed by atoms with Crippen LogP contribution >= 0.6 is 15.9 Å². The fraction of sp³-hybridized carbons (Fsp3) is 0.286. The van der Waals surface area contributed by atoms with Crippen molar-refractivity contribution in [3.63, 3.8) is 0 Å². The van der Waals surface area contributed by atoms with Crippen LogP contribution in [0.3, 0.4) is 0 Å². The zero-order valence-corrected chi connectivity index (χ0v) is 15.6. The van der Waals surface area contributed by atoms with Crippen molar-refractivity contribution in [2.75, 3.05) is 6.61 Å². The Hall–Kier alpha value is -2.44. The highest BCUT2D eigenvalue weighted by Gasteiger charge is 2.20. The minimum Gasteiger partial charge on any atom is -0.458 e. The molecule has 0 aliphatic carbocycles. The Balaban J connectivity index is 0.000000646. The van der Waals surface area contributed by atoms with Crippen LogP contribution in [0.1, 0.15) is 15.9 Å². The van der Waals surface area contributed by atoms with E-state index in [1.54, 1.807) is 6.07 Å². The van der Waals surface area contributed by atoms with Crippen molar-refractivity contribution in [3.8, 4) is 0 Å². The number of rotatable bonds is 6. The number of imidazole rings is 1. The summed E-state index contributed by atoms with van der Waals surface area (Å²) in [6.07, 6.45) is 5.61. The first-order chi connectivity index (χ1) is 12.5. The third-order valence-electron chi connectivity index (χ3n) is 3.07. The van der Waals surface area contributed by atoms with Crippen LogP contribution in [0.25, 0.3) is 0 Å². The average Bonchev–Trinajstić information content (AvgIpc) is 2.97. The SMILES string of the molecule is C[n+]1ccn(CCOC(=O)c2ccc(CBr)c([N+](=O)[O-])c2)c1.F[B-](F)(F)F. The molecule has 1 aromatic carbocycles. The van der Waals surface area contributed by atoms with Crippen LogP contribution in [0.4, 0.5) is 23.0 Å². The lowest BCUT2D eigenvalue weighted by atomic mass is 10.1. The Morgan fingerprint density at radius 2 is 2.00 bits per heavy atom. The largest absolute Gasteiger partial charge is 0.673 e. The molecule has 0 bridgehead atoms. The molecule has 0 atom stereocenters. The number of esters is 1. The van der Waals surface area contributed by atoms with E-state index in [-0.39, 0.29) is 17.9 Å². The third-order valence-corrected chi connectivity index (χ3v) is 3.67. The minimum absolute atomic E-state index is 0.0937. The first-order valence-electron chi connectivity index (χ1n) is 7.40. The van der Waals surface area contributed by atoms with Gasteiger partial charge in [0.2, 0.25) is 6.33 Å².